The largest absolute Gasteiger partial charge is 0.387 e. The molecule has 0 radical (unpaired) electrons. The minimum absolute atomic E-state index is 0.351. The van der Waals surface area contributed by atoms with E-state index < -0.39 is 6.10 Å². The van der Waals surface area contributed by atoms with Crippen LogP contribution in [-0.4, -0.2) is 42.4 Å². The van der Waals surface area contributed by atoms with Gasteiger partial charge in [0.2, 0.25) is 0 Å². The number of aliphatic hydroxyl groups is 1. The molecular weight excluding hydrogens is 250 g/mol. The molecule has 1 aliphatic heterocycles. The van der Waals surface area contributed by atoms with Gasteiger partial charge >= 0.3 is 0 Å². The van der Waals surface area contributed by atoms with Crippen LogP contribution in [0.2, 0.25) is 0 Å². The lowest BCUT2D eigenvalue weighted by Crippen LogP contribution is -2.35. The first-order valence-corrected chi connectivity index (χ1v) is 7.83. The van der Waals surface area contributed by atoms with Gasteiger partial charge in [0.1, 0.15) is 0 Å². The molecule has 1 saturated heterocycles. The molecule has 20 heavy (non-hydrogen) atoms. The maximum Gasteiger partial charge on any atom is 0.0916 e. The second kappa shape index (κ2) is 7.77. The highest BCUT2D eigenvalue weighted by molar-refractivity contribution is 5.24. The molecule has 1 heterocycles. The van der Waals surface area contributed by atoms with Crippen molar-refractivity contribution in [1.82, 2.24) is 4.90 Å². The van der Waals surface area contributed by atoms with Gasteiger partial charge < -0.3 is 9.84 Å². The van der Waals surface area contributed by atoms with E-state index in [0.717, 1.165) is 38.1 Å². The first kappa shape index (κ1) is 15.5. The maximum atomic E-state index is 10.4. The second-order valence-corrected chi connectivity index (χ2v) is 5.60. The molecule has 0 saturated carbocycles. The molecule has 2 rings (SSSR count). The standard InChI is InChI=1S/C17H27NO2/c1-3-14-7-9-15(10-8-14)17(19)13-18(4-2)12-16-6-5-11-20-16/h7-10,16-17,19H,3-6,11-13H2,1-2H3. The van der Waals surface area contributed by atoms with Crippen LogP contribution >= 0.6 is 0 Å². The quantitative estimate of drug-likeness (QED) is 0.832. The van der Waals surface area contributed by atoms with E-state index in [2.05, 4.69) is 30.9 Å². The lowest BCUT2D eigenvalue weighted by atomic mass is 10.1. The topological polar surface area (TPSA) is 32.7 Å². The molecule has 1 N–H and O–H groups in total. The normalized spacial score (nSPS) is 20.5. The van der Waals surface area contributed by atoms with Gasteiger partial charge in [-0.25, -0.2) is 0 Å². The Labute approximate surface area is 122 Å². The first-order valence-electron chi connectivity index (χ1n) is 7.83. The number of benzene rings is 1. The van der Waals surface area contributed by atoms with Crippen LogP contribution in [0.4, 0.5) is 0 Å². The van der Waals surface area contributed by atoms with E-state index in [1.807, 2.05) is 12.1 Å². The van der Waals surface area contributed by atoms with Crippen LogP contribution in [0.3, 0.4) is 0 Å². The van der Waals surface area contributed by atoms with Crippen molar-refractivity contribution in [1.29, 1.82) is 0 Å². The highest BCUT2D eigenvalue weighted by Gasteiger charge is 2.20. The summed E-state index contributed by atoms with van der Waals surface area (Å²) in [6.45, 7) is 7.74. The van der Waals surface area contributed by atoms with Crippen LogP contribution in [0, 0.1) is 0 Å². The number of hydrogen-bond acceptors (Lipinski definition) is 3. The highest BCUT2D eigenvalue weighted by Crippen LogP contribution is 2.18. The molecular formula is C17H27NO2. The maximum absolute atomic E-state index is 10.4. The predicted molar refractivity (Wildman–Crippen MR) is 81.9 cm³/mol. The fraction of sp³-hybridized carbons (Fsp3) is 0.647. The summed E-state index contributed by atoms with van der Waals surface area (Å²) in [6, 6.07) is 8.30. The second-order valence-electron chi connectivity index (χ2n) is 5.60. The number of aliphatic hydroxyl groups excluding tert-OH is 1. The van der Waals surface area contributed by atoms with E-state index in [9.17, 15) is 5.11 Å². The first-order chi connectivity index (χ1) is 9.72. The van der Waals surface area contributed by atoms with E-state index in [-0.39, 0.29) is 0 Å². The number of likely N-dealkylation sites (N-methyl/N-ethyl adjacent to an activating group) is 1. The van der Waals surface area contributed by atoms with Gasteiger partial charge in [-0.1, -0.05) is 38.1 Å². The predicted octanol–water partition coefficient (Wildman–Crippen LogP) is 2.78. The molecule has 0 bridgehead atoms. The molecule has 1 aromatic rings. The Morgan fingerprint density at radius 2 is 2.05 bits per heavy atom. The molecule has 0 aliphatic carbocycles. The Bertz CT molecular complexity index is 384. The van der Waals surface area contributed by atoms with E-state index in [0.29, 0.717) is 12.6 Å². The van der Waals surface area contributed by atoms with Crippen LogP contribution in [0.15, 0.2) is 24.3 Å². The molecule has 1 aliphatic rings. The third kappa shape index (κ3) is 4.30. The summed E-state index contributed by atoms with van der Waals surface area (Å²) >= 11 is 0. The molecule has 112 valence electrons. The van der Waals surface area contributed by atoms with Crippen molar-refractivity contribution in [3.63, 3.8) is 0 Å². The number of rotatable bonds is 7. The van der Waals surface area contributed by atoms with Crippen molar-refractivity contribution in [2.45, 2.75) is 45.3 Å². The number of hydrogen-bond donors (Lipinski definition) is 1. The number of nitrogens with zero attached hydrogens (tertiary/aromatic N) is 1. The Morgan fingerprint density at radius 1 is 1.30 bits per heavy atom. The van der Waals surface area contributed by atoms with Crippen LogP contribution in [0.25, 0.3) is 0 Å². The summed E-state index contributed by atoms with van der Waals surface area (Å²) in [5.74, 6) is 0. The van der Waals surface area contributed by atoms with Crippen molar-refractivity contribution in [3.8, 4) is 0 Å². The van der Waals surface area contributed by atoms with E-state index in [4.69, 9.17) is 4.74 Å². The van der Waals surface area contributed by atoms with Crippen LogP contribution < -0.4 is 0 Å². The minimum Gasteiger partial charge on any atom is -0.387 e. The molecule has 1 fully saturated rings. The lowest BCUT2D eigenvalue weighted by Gasteiger charge is -2.26. The minimum atomic E-state index is -0.415. The Balaban J connectivity index is 1.88. The van der Waals surface area contributed by atoms with Gasteiger partial charge in [-0.15, -0.1) is 0 Å². The summed E-state index contributed by atoms with van der Waals surface area (Å²) < 4.78 is 5.68. The van der Waals surface area contributed by atoms with Gasteiger partial charge in [0.25, 0.3) is 0 Å². The molecule has 3 nitrogen and oxygen atoms in total. The molecule has 2 unspecified atom stereocenters. The van der Waals surface area contributed by atoms with Crippen molar-refractivity contribution in [2.75, 3.05) is 26.2 Å². The zero-order valence-electron chi connectivity index (χ0n) is 12.7. The molecule has 2 atom stereocenters. The molecule has 0 spiro atoms. The zero-order valence-corrected chi connectivity index (χ0v) is 12.7. The highest BCUT2D eigenvalue weighted by atomic mass is 16.5. The Hall–Kier alpha value is -0.900. The third-order valence-corrected chi connectivity index (χ3v) is 4.14. The summed E-state index contributed by atoms with van der Waals surface area (Å²) in [6.07, 6.45) is 3.30. The van der Waals surface area contributed by atoms with Gasteiger partial charge in [-0.05, 0) is 36.9 Å². The van der Waals surface area contributed by atoms with E-state index in [1.165, 1.54) is 12.0 Å². The van der Waals surface area contributed by atoms with Crippen LogP contribution in [-0.2, 0) is 11.2 Å². The summed E-state index contributed by atoms with van der Waals surface area (Å²) in [7, 11) is 0. The molecule has 1 aromatic carbocycles. The third-order valence-electron chi connectivity index (χ3n) is 4.14. The van der Waals surface area contributed by atoms with Gasteiger partial charge in [-0.3, -0.25) is 4.90 Å². The van der Waals surface area contributed by atoms with Gasteiger partial charge in [0.05, 0.1) is 12.2 Å². The average Bonchev–Trinajstić information content (AvgIpc) is 2.99. The van der Waals surface area contributed by atoms with Gasteiger partial charge in [0.15, 0.2) is 0 Å². The average molecular weight is 277 g/mol. The van der Waals surface area contributed by atoms with Crippen LogP contribution in [0.5, 0.6) is 0 Å². The molecule has 3 heteroatoms. The number of ether oxygens (including phenoxy) is 1. The summed E-state index contributed by atoms with van der Waals surface area (Å²) in [5, 5.41) is 10.4. The van der Waals surface area contributed by atoms with Gasteiger partial charge in [-0.2, -0.15) is 0 Å². The summed E-state index contributed by atoms with van der Waals surface area (Å²) in [4.78, 5) is 2.29. The van der Waals surface area contributed by atoms with Crippen molar-refractivity contribution in [2.24, 2.45) is 0 Å². The Kier molecular flexibility index (Phi) is 6.02. The molecule has 0 amide bonds. The van der Waals surface area contributed by atoms with Gasteiger partial charge in [0, 0.05) is 19.7 Å². The monoisotopic (exact) mass is 277 g/mol. The fourth-order valence-corrected chi connectivity index (χ4v) is 2.73. The summed E-state index contributed by atoms with van der Waals surface area (Å²) in [5.41, 5.74) is 2.32. The lowest BCUT2D eigenvalue weighted by molar-refractivity contribution is 0.0516. The van der Waals surface area contributed by atoms with Crippen molar-refractivity contribution in [3.05, 3.63) is 35.4 Å². The zero-order chi connectivity index (χ0) is 14.4. The SMILES string of the molecule is CCc1ccc(C(O)CN(CC)CC2CCCO2)cc1. The number of aryl methyl sites for hydroxylation is 1. The smallest absolute Gasteiger partial charge is 0.0916 e. The van der Waals surface area contributed by atoms with Crippen LogP contribution in [0.1, 0.15) is 43.9 Å². The Morgan fingerprint density at radius 3 is 2.60 bits per heavy atom. The van der Waals surface area contributed by atoms with Crippen molar-refractivity contribution >= 4 is 0 Å². The molecule has 0 aromatic heterocycles. The van der Waals surface area contributed by atoms with Crippen molar-refractivity contribution < 1.29 is 9.84 Å². The van der Waals surface area contributed by atoms with E-state index >= 15 is 0 Å². The van der Waals surface area contributed by atoms with E-state index in [1.54, 1.807) is 0 Å². The fourth-order valence-electron chi connectivity index (χ4n) is 2.73.